The summed E-state index contributed by atoms with van der Waals surface area (Å²) in [6.07, 6.45) is -0.507. The molecule has 0 spiro atoms. The molecule has 0 aliphatic rings. The number of carbonyl (C=O) groups is 2. The van der Waals surface area contributed by atoms with Crippen LogP contribution in [0.4, 0.5) is 15.6 Å². The number of rotatable bonds is 6. The van der Waals surface area contributed by atoms with Gasteiger partial charge in [0.2, 0.25) is 11.0 Å². The molecule has 0 saturated heterocycles. The predicted molar refractivity (Wildman–Crippen MR) is 125 cm³/mol. The zero-order chi connectivity index (χ0) is 22.5. The van der Waals surface area contributed by atoms with Crippen LogP contribution < -0.4 is 9.64 Å². The van der Waals surface area contributed by atoms with Crippen LogP contribution in [-0.4, -0.2) is 35.0 Å². The van der Waals surface area contributed by atoms with E-state index >= 15 is 0 Å². The first-order valence-corrected chi connectivity index (χ1v) is 11.3. The maximum absolute atomic E-state index is 13.4. The summed E-state index contributed by atoms with van der Waals surface area (Å²) in [5.74, 6) is -0.314. The molecule has 1 heterocycles. The minimum Gasteiger partial charge on any atom is -0.390 e. The van der Waals surface area contributed by atoms with Crippen molar-refractivity contribution in [2.45, 2.75) is 13.8 Å². The average molecular weight is 499 g/mol. The van der Waals surface area contributed by atoms with Crippen molar-refractivity contribution in [1.29, 1.82) is 0 Å². The maximum Gasteiger partial charge on any atom is 0.416 e. The fraction of sp³-hybridized carbons (Fsp3) is 0.190. The lowest BCUT2D eigenvalue weighted by Gasteiger charge is -2.21. The van der Waals surface area contributed by atoms with Crippen molar-refractivity contribution in [2.24, 2.45) is 0 Å². The van der Waals surface area contributed by atoms with Crippen LogP contribution >= 0.6 is 46.1 Å². The Morgan fingerprint density at radius 3 is 2.26 bits per heavy atom. The van der Waals surface area contributed by atoms with Crippen LogP contribution in [0.2, 0.25) is 15.1 Å². The number of hydrogen-bond donors (Lipinski definition) is 0. The molecule has 6 nitrogen and oxygen atoms in total. The molecule has 0 saturated carbocycles. The quantitative estimate of drug-likeness (QED) is 0.370. The monoisotopic (exact) mass is 497 g/mol. The Morgan fingerprint density at radius 1 is 1.00 bits per heavy atom. The highest BCUT2D eigenvalue weighted by Crippen LogP contribution is 2.35. The SMILES string of the molecule is CCN(CC)C(=O)Oc1csc(N(C(=O)c2ccc(Cl)cc2Cl)c2ccc(Cl)cc2)n1. The Morgan fingerprint density at radius 2 is 1.65 bits per heavy atom. The van der Waals surface area contributed by atoms with Gasteiger partial charge in [0, 0.05) is 23.1 Å². The molecule has 0 aliphatic heterocycles. The van der Waals surface area contributed by atoms with E-state index in [2.05, 4.69) is 4.98 Å². The number of amides is 2. The normalized spacial score (nSPS) is 10.6. The van der Waals surface area contributed by atoms with Crippen molar-refractivity contribution < 1.29 is 14.3 Å². The lowest BCUT2D eigenvalue weighted by Crippen LogP contribution is -2.33. The molecule has 3 rings (SSSR count). The first-order valence-electron chi connectivity index (χ1n) is 9.31. The van der Waals surface area contributed by atoms with Crippen LogP contribution in [-0.2, 0) is 0 Å². The third kappa shape index (κ3) is 5.49. The molecule has 1 aromatic heterocycles. The summed E-state index contributed by atoms with van der Waals surface area (Å²) in [5, 5.41) is 3.02. The van der Waals surface area contributed by atoms with E-state index in [9.17, 15) is 9.59 Å². The first kappa shape index (κ1) is 23.3. The summed E-state index contributed by atoms with van der Waals surface area (Å²) in [4.78, 5) is 32.9. The Hall–Kier alpha value is -2.32. The number of aromatic nitrogens is 1. The van der Waals surface area contributed by atoms with Crippen molar-refractivity contribution in [3.8, 4) is 5.88 Å². The zero-order valence-corrected chi connectivity index (χ0v) is 19.7. The highest BCUT2D eigenvalue weighted by atomic mass is 35.5. The van der Waals surface area contributed by atoms with Crippen LogP contribution in [0.1, 0.15) is 24.2 Å². The molecule has 162 valence electrons. The molecule has 10 heteroatoms. The van der Waals surface area contributed by atoms with Crippen LogP contribution in [0.5, 0.6) is 5.88 Å². The van der Waals surface area contributed by atoms with Gasteiger partial charge in [-0.2, -0.15) is 4.98 Å². The van der Waals surface area contributed by atoms with E-state index < -0.39 is 12.0 Å². The molecule has 2 aromatic carbocycles. The summed E-state index contributed by atoms with van der Waals surface area (Å²) in [6, 6.07) is 11.3. The van der Waals surface area contributed by atoms with Crippen LogP contribution in [0.3, 0.4) is 0 Å². The zero-order valence-electron chi connectivity index (χ0n) is 16.6. The lowest BCUT2D eigenvalue weighted by atomic mass is 10.2. The molecule has 31 heavy (non-hydrogen) atoms. The molecule has 0 atom stereocenters. The lowest BCUT2D eigenvalue weighted by molar-refractivity contribution is 0.0999. The second-order valence-electron chi connectivity index (χ2n) is 6.25. The fourth-order valence-corrected chi connectivity index (χ4v) is 4.08. The van der Waals surface area contributed by atoms with Crippen molar-refractivity contribution in [2.75, 3.05) is 18.0 Å². The minimum absolute atomic E-state index is 0.103. The largest absolute Gasteiger partial charge is 0.416 e. The molecule has 2 amide bonds. The van der Waals surface area contributed by atoms with Gasteiger partial charge in [0.25, 0.3) is 5.91 Å². The van der Waals surface area contributed by atoms with Gasteiger partial charge in [-0.3, -0.25) is 9.69 Å². The Balaban J connectivity index is 1.98. The van der Waals surface area contributed by atoms with E-state index in [0.29, 0.717) is 34.0 Å². The third-order valence-electron chi connectivity index (χ3n) is 4.33. The van der Waals surface area contributed by atoms with Crippen molar-refractivity contribution in [3.63, 3.8) is 0 Å². The second-order valence-corrected chi connectivity index (χ2v) is 8.37. The van der Waals surface area contributed by atoms with Gasteiger partial charge < -0.3 is 9.64 Å². The van der Waals surface area contributed by atoms with Crippen molar-refractivity contribution >= 4 is 69.0 Å². The van der Waals surface area contributed by atoms with Gasteiger partial charge >= 0.3 is 6.09 Å². The number of halogens is 3. The summed E-state index contributed by atoms with van der Waals surface area (Å²) in [7, 11) is 0. The van der Waals surface area contributed by atoms with E-state index in [1.165, 1.54) is 15.9 Å². The number of hydrogen-bond acceptors (Lipinski definition) is 5. The summed E-state index contributed by atoms with van der Waals surface area (Å²) in [6.45, 7) is 4.73. The minimum atomic E-state index is -0.507. The molecule has 3 aromatic rings. The van der Waals surface area contributed by atoms with Gasteiger partial charge in [-0.15, -0.1) is 11.3 Å². The Kier molecular flexibility index (Phi) is 7.78. The molecular weight excluding hydrogens is 481 g/mol. The Labute approximate surface area is 198 Å². The number of ether oxygens (including phenoxy) is 1. The van der Waals surface area contributed by atoms with E-state index in [-0.39, 0.29) is 16.5 Å². The highest BCUT2D eigenvalue weighted by molar-refractivity contribution is 7.14. The van der Waals surface area contributed by atoms with Gasteiger partial charge in [-0.1, -0.05) is 34.8 Å². The number of thiazole rings is 1. The van der Waals surface area contributed by atoms with E-state index in [4.69, 9.17) is 39.5 Å². The number of carbonyl (C=O) groups excluding carboxylic acids is 2. The number of anilines is 2. The molecule has 0 fully saturated rings. The number of nitrogens with zero attached hydrogens (tertiary/aromatic N) is 3. The third-order valence-corrected chi connectivity index (χ3v) is 5.93. The molecule has 0 aliphatic carbocycles. The van der Waals surface area contributed by atoms with E-state index in [1.807, 2.05) is 13.8 Å². The maximum atomic E-state index is 13.4. The van der Waals surface area contributed by atoms with Crippen molar-refractivity contribution in [1.82, 2.24) is 9.88 Å². The molecule has 0 unspecified atom stereocenters. The van der Waals surface area contributed by atoms with Gasteiger partial charge in [0.1, 0.15) is 0 Å². The first-order chi connectivity index (χ1) is 14.8. The van der Waals surface area contributed by atoms with Crippen LogP contribution in [0.15, 0.2) is 47.8 Å². The number of benzene rings is 2. The average Bonchev–Trinajstić information content (AvgIpc) is 3.18. The molecular formula is C21H18Cl3N3O3S. The second kappa shape index (κ2) is 10.3. The van der Waals surface area contributed by atoms with Crippen LogP contribution in [0.25, 0.3) is 0 Å². The van der Waals surface area contributed by atoms with E-state index in [0.717, 1.165) is 11.3 Å². The topological polar surface area (TPSA) is 62.7 Å². The summed E-state index contributed by atoms with van der Waals surface area (Å²) >= 11 is 19.4. The summed E-state index contributed by atoms with van der Waals surface area (Å²) in [5.41, 5.74) is 0.772. The van der Waals surface area contributed by atoms with Gasteiger partial charge in [-0.25, -0.2) is 4.79 Å². The fourth-order valence-electron chi connectivity index (χ4n) is 2.72. The van der Waals surface area contributed by atoms with Crippen molar-refractivity contribution in [3.05, 3.63) is 68.5 Å². The van der Waals surface area contributed by atoms with E-state index in [1.54, 1.807) is 41.8 Å². The Bertz CT molecular complexity index is 1080. The smallest absolute Gasteiger partial charge is 0.390 e. The van der Waals surface area contributed by atoms with Gasteiger partial charge in [0.05, 0.1) is 21.7 Å². The molecule has 0 radical (unpaired) electrons. The van der Waals surface area contributed by atoms with Crippen LogP contribution in [0, 0.1) is 0 Å². The molecule has 0 bridgehead atoms. The predicted octanol–water partition coefficient (Wildman–Crippen LogP) is 6.92. The van der Waals surface area contributed by atoms with Gasteiger partial charge in [0.15, 0.2) is 0 Å². The molecule has 0 N–H and O–H groups in total. The standard InChI is InChI=1S/C21H18Cl3N3O3S/c1-3-26(4-2)21(29)30-18-12-31-20(25-18)27(15-8-5-13(22)6-9-15)19(28)16-10-7-14(23)11-17(16)24/h5-12H,3-4H2,1-2H3. The summed E-state index contributed by atoms with van der Waals surface area (Å²) < 4.78 is 5.35. The van der Waals surface area contributed by atoms with Gasteiger partial charge in [-0.05, 0) is 56.3 Å². The highest BCUT2D eigenvalue weighted by Gasteiger charge is 2.26.